The lowest BCUT2D eigenvalue weighted by atomic mass is 10.0. The minimum Gasteiger partial charge on any atom is -0.375 e. The molecular weight excluding hydrogens is 265 g/mol. The van der Waals surface area contributed by atoms with Crippen LogP contribution in [-0.4, -0.2) is 11.5 Å². The van der Waals surface area contributed by atoms with Crippen molar-refractivity contribution >= 4 is 16.6 Å². The number of para-hydroxylation sites is 2. The Morgan fingerprint density at radius 3 is 2.67 bits per heavy atom. The monoisotopic (exact) mass is 281 g/mol. The minimum absolute atomic E-state index is 0.194. The van der Waals surface area contributed by atoms with Crippen molar-refractivity contribution in [3.05, 3.63) is 72.2 Å². The Labute approximate surface area is 122 Å². The third kappa shape index (κ3) is 2.71. The summed E-state index contributed by atoms with van der Waals surface area (Å²) in [6.07, 6.45) is 1.75. The number of anilines is 1. The molecule has 1 unspecified atom stereocenters. The predicted octanol–water partition coefficient (Wildman–Crippen LogP) is 3.49. The van der Waals surface area contributed by atoms with E-state index in [1.165, 1.54) is 6.07 Å². The Morgan fingerprint density at radius 1 is 1.05 bits per heavy atom. The molecule has 0 aliphatic carbocycles. The van der Waals surface area contributed by atoms with Gasteiger partial charge in [0.1, 0.15) is 5.82 Å². The highest BCUT2D eigenvalue weighted by atomic mass is 19.1. The van der Waals surface area contributed by atoms with Crippen LogP contribution in [-0.2, 0) is 0 Å². The first-order valence-corrected chi connectivity index (χ1v) is 6.84. The Morgan fingerprint density at radius 2 is 1.86 bits per heavy atom. The highest BCUT2D eigenvalue weighted by Crippen LogP contribution is 2.26. The maximum absolute atomic E-state index is 13.8. The molecule has 0 aliphatic heterocycles. The molecule has 0 saturated heterocycles. The van der Waals surface area contributed by atoms with Gasteiger partial charge in [0.05, 0.1) is 17.2 Å². The minimum atomic E-state index is -0.288. The van der Waals surface area contributed by atoms with E-state index in [1.54, 1.807) is 24.4 Å². The Bertz CT molecular complexity index is 752. The van der Waals surface area contributed by atoms with Gasteiger partial charge >= 0.3 is 0 Å². The molecule has 1 atom stereocenters. The molecule has 0 saturated carbocycles. The molecule has 0 radical (unpaired) electrons. The predicted molar refractivity (Wildman–Crippen MR) is 83.6 cm³/mol. The number of hydrogen-bond acceptors (Lipinski definition) is 3. The highest BCUT2D eigenvalue weighted by molar-refractivity contribution is 5.82. The van der Waals surface area contributed by atoms with E-state index in [9.17, 15) is 4.39 Å². The molecule has 1 heterocycles. The van der Waals surface area contributed by atoms with E-state index in [0.717, 1.165) is 16.5 Å². The van der Waals surface area contributed by atoms with Crippen LogP contribution in [0.2, 0.25) is 0 Å². The van der Waals surface area contributed by atoms with Crippen LogP contribution in [0, 0.1) is 5.82 Å². The van der Waals surface area contributed by atoms with Gasteiger partial charge in [-0.05, 0) is 18.2 Å². The number of aromatic nitrogens is 1. The quantitative estimate of drug-likeness (QED) is 0.769. The Hall–Kier alpha value is -2.46. The lowest BCUT2D eigenvalue weighted by Gasteiger charge is -2.20. The average molecular weight is 281 g/mol. The van der Waals surface area contributed by atoms with Gasteiger partial charge < -0.3 is 11.1 Å². The topological polar surface area (TPSA) is 50.9 Å². The summed E-state index contributed by atoms with van der Waals surface area (Å²) in [6.45, 7) is 0.351. The number of halogens is 1. The summed E-state index contributed by atoms with van der Waals surface area (Å²) in [5.74, 6) is -0.288. The van der Waals surface area contributed by atoms with E-state index in [2.05, 4.69) is 10.3 Å². The molecule has 21 heavy (non-hydrogen) atoms. The summed E-state index contributed by atoms with van der Waals surface area (Å²) < 4.78 is 13.8. The van der Waals surface area contributed by atoms with E-state index in [1.807, 2.05) is 30.3 Å². The number of nitrogens with one attached hydrogen (secondary N) is 1. The van der Waals surface area contributed by atoms with E-state index in [0.29, 0.717) is 12.2 Å². The maximum Gasteiger partial charge on any atom is 0.146 e. The lowest BCUT2D eigenvalue weighted by molar-refractivity contribution is 0.626. The first-order chi connectivity index (χ1) is 10.3. The van der Waals surface area contributed by atoms with Crippen molar-refractivity contribution in [2.45, 2.75) is 6.04 Å². The van der Waals surface area contributed by atoms with Crippen molar-refractivity contribution in [2.24, 2.45) is 5.73 Å². The van der Waals surface area contributed by atoms with Crippen LogP contribution in [0.1, 0.15) is 11.6 Å². The fraction of sp³-hybridized carbons (Fsp3) is 0.118. The second-order valence-corrected chi connectivity index (χ2v) is 4.83. The third-order valence-electron chi connectivity index (χ3n) is 3.48. The summed E-state index contributed by atoms with van der Waals surface area (Å²) in [5.41, 5.74) is 8.19. The molecule has 3 nitrogen and oxygen atoms in total. The number of pyridine rings is 1. The Kier molecular flexibility index (Phi) is 3.79. The molecule has 0 spiro atoms. The summed E-state index contributed by atoms with van der Waals surface area (Å²) in [5, 5.41) is 4.21. The summed E-state index contributed by atoms with van der Waals surface area (Å²) >= 11 is 0. The average Bonchev–Trinajstić information content (AvgIpc) is 2.54. The van der Waals surface area contributed by atoms with Crippen LogP contribution < -0.4 is 11.1 Å². The van der Waals surface area contributed by atoms with Crippen molar-refractivity contribution in [3.8, 4) is 0 Å². The van der Waals surface area contributed by atoms with Crippen LogP contribution >= 0.6 is 0 Å². The van der Waals surface area contributed by atoms with E-state index < -0.39 is 0 Å². The van der Waals surface area contributed by atoms with Gasteiger partial charge in [0.25, 0.3) is 0 Å². The normalized spacial score (nSPS) is 12.3. The molecule has 0 fully saturated rings. The SMILES string of the molecule is NCC(Nc1ccccc1F)c1cccc2cccnc12. The van der Waals surface area contributed by atoms with Gasteiger partial charge in [-0.25, -0.2) is 4.39 Å². The number of hydrogen-bond donors (Lipinski definition) is 2. The van der Waals surface area contributed by atoms with Gasteiger partial charge in [0, 0.05) is 23.7 Å². The highest BCUT2D eigenvalue weighted by Gasteiger charge is 2.14. The zero-order valence-corrected chi connectivity index (χ0v) is 11.5. The van der Waals surface area contributed by atoms with Crippen molar-refractivity contribution in [1.29, 1.82) is 0 Å². The maximum atomic E-state index is 13.8. The number of fused-ring (bicyclic) bond motifs is 1. The summed E-state index contributed by atoms with van der Waals surface area (Å²) in [4.78, 5) is 4.42. The standard InChI is InChI=1S/C17H16FN3/c18-14-8-1-2-9-15(14)21-16(11-19)13-7-3-5-12-6-4-10-20-17(12)13/h1-10,16,21H,11,19H2. The first-order valence-electron chi connectivity index (χ1n) is 6.84. The molecular formula is C17H16FN3. The van der Waals surface area contributed by atoms with Gasteiger partial charge in [-0.1, -0.05) is 36.4 Å². The zero-order chi connectivity index (χ0) is 14.7. The zero-order valence-electron chi connectivity index (χ0n) is 11.5. The number of nitrogens with two attached hydrogens (primary N) is 1. The van der Waals surface area contributed by atoms with Crippen LogP contribution in [0.5, 0.6) is 0 Å². The van der Waals surface area contributed by atoms with Crippen LogP contribution in [0.3, 0.4) is 0 Å². The largest absolute Gasteiger partial charge is 0.375 e. The van der Waals surface area contributed by atoms with E-state index in [4.69, 9.17) is 5.73 Å². The number of benzene rings is 2. The molecule has 0 amide bonds. The second-order valence-electron chi connectivity index (χ2n) is 4.83. The van der Waals surface area contributed by atoms with Crippen LogP contribution in [0.15, 0.2) is 60.8 Å². The Balaban J connectivity index is 2.01. The van der Waals surface area contributed by atoms with Gasteiger partial charge in [-0.15, -0.1) is 0 Å². The van der Waals surface area contributed by atoms with E-state index >= 15 is 0 Å². The summed E-state index contributed by atoms with van der Waals surface area (Å²) in [7, 11) is 0. The lowest BCUT2D eigenvalue weighted by Crippen LogP contribution is -2.21. The molecule has 3 aromatic rings. The molecule has 3 N–H and O–H groups in total. The number of nitrogens with zero attached hydrogens (tertiary/aromatic N) is 1. The molecule has 1 aromatic heterocycles. The second kappa shape index (κ2) is 5.89. The van der Waals surface area contributed by atoms with Gasteiger partial charge in [0.2, 0.25) is 0 Å². The molecule has 0 aliphatic rings. The molecule has 4 heteroatoms. The van der Waals surface area contributed by atoms with Gasteiger partial charge in [0.15, 0.2) is 0 Å². The molecule has 0 bridgehead atoms. The van der Waals surface area contributed by atoms with Gasteiger partial charge in [-0.3, -0.25) is 4.98 Å². The summed E-state index contributed by atoms with van der Waals surface area (Å²) in [6, 6.07) is 16.2. The molecule has 2 aromatic carbocycles. The smallest absolute Gasteiger partial charge is 0.146 e. The van der Waals surface area contributed by atoms with Crippen LogP contribution in [0.25, 0.3) is 10.9 Å². The van der Waals surface area contributed by atoms with Gasteiger partial charge in [-0.2, -0.15) is 0 Å². The van der Waals surface area contributed by atoms with Crippen molar-refractivity contribution in [3.63, 3.8) is 0 Å². The van der Waals surface area contributed by atoms with Crippen LogP contribution in [0.4, 0.5) is 10.1 Å². The number of rotatable bonds is 4. The van der Waals surface area contributed by atoms with Crippen molar-refractivity contribution in [1.82, 2.24) is 4.98 Å². The van der Waals surface area contributed by atoms with Crippen molar-refractivity contribution in [2.75, 3.05) is 11.9 Å². The van der Waals surface area contributed by atoms with Crippen molar-refractivity contribution < 1.29 is 4.39 Å². The fourth-order valence-corrected chi connectivity index (χ4v) is 2.44. The van der Waals surface area contributed by atoms with E-state index in [-0.39, 0.29) is 11.9 Å². The molecule has 3 rings (SSSR count). The third-order valence-corrected chi connectivity index (χ3v) is 3.48. The first kappa shape index (κ1) is 13.5. The fourth-order valence-electron chi connectivity index (χ4n) is 2.44. The molecule has 106 valence electrons.